The molecule has 2 aliphatic carbocycles. The average Bonchev–Trinajstić information content (AvgIpc) is 3.98. The van der Waals surface area contributed by atoms with Crippen LogP contribution in [0.5, 0.6) is 0 Å². The van der Waals surface area contributed by atoms with Crippen LogP contribution in [0.2, 0.25) is 0 Å². The third kappa shape index (κ3) is 6.35. The van der Waals surface area contributed by atoms with E-state index in [1.54, 1.807) is 0 Å². The molecule has 0 aliphatic heterocycles. The van der Waals surface area contributed by atoms with Gasteiger partial charge in [-0.2, -0.15) is 0 Å². The van der Waals surface area contributed by atoms with Gasteiger partial charge in [-0.25, -0.2) is 0 Å². The second-order valence-electron chi connectivity index (χ2n) is 15.1. The summed E-state index contributed by atoms with van der Waals surface area (Å²) in [6.07, 6.45) is 6.76. The van der Waals surface area contributed by atoms with Crippen molar-refractivity contribution in [3.05, 3.63) is 193 Å². The molecule has 1 fully saturated rings. The van der Waals surface area contributed by atoms with Gasteiger partial charge in [0.2, 0.25) is 0 Å². The van der Waals surface area contributed by atoms with Crippen LogP contribution in [0.15, 0.2) is 176 Å². The van der Waals surface area contributed by atoms with E-state index < -0.39 is 15.7 Å². The van der Waals surface area contributed by atoms with Crippen molar-refractivity contribution in [2.75, 3.05) is 0 Å². The van der Waals surface area contributed by atoms with Crippen LogP contribution in [-0.4, -0.2) is 9.55 Å². The summed E-state index contributed by atoms with van der Waals surface area (Å²) in [7, 11) is 9.78. The molecule has 0 bridgehead atoms. The van der Waals surface area contributed by atoms with E-state index in [4.69, 9.17) is 19.2 Å². The van der Waals surface area contributed by atoms with Crippen molar-refractivity contribution in [2.45, 2.75) is 31.1 Å². The molecule has 1 spiro atoms. The van der Waals surface area contributed by atoms with Crippen molar-refractivity contribution in [2.24, 2.45) is 0 Å². The molecule has 5 heteroatoms. The van der Waals surface area contributed by atoms with Crippen LogP contribution in [0.4, 0.5) is 0 Å². The zero-order valence-electron chi connectivity index (χ0n) is 31.1. The zero-order valence-corrected chi connectivity index (χ0v) is 35.0. The van der Waals surface area contributed by atoms with Crippen molar-refractivity contribution in [3.63, 3.8) is 0 Å². The predicted molar refractivity (Wildman–Crippen MR) is 236 cm³/mol. The van der Waals surface area contributed by atoms with E-state index in [-0.39, 0.29) is 5.41 Å². The Kier molecular flexibility index (Phi) is 9.64. The first kappa shape index (κ1) is 36.1. The van der Waals surface area contributed by atoms with E-state index >= 15 is 0 Å². The van der Waals surface area contributed by atoms with Crippen LogP contribution in [0.3, 0.4) is 0 Å². The van der Waals surface area contributed by atoms with E-state index in [1.807, 2.05) is 30.5 Å². The Morgan fingerprint density at radius 1 is 0.526 bits per heavy atom. The minimum Gasteiger partial charge on any atom is -0.309 e. The number of benzene rings is 7. The number of pyridine rings is 1. The molecule has 9 aromatic rings. The van der Waals surface area contributed by atoms with Crippen LogP contribution in [-0.2, 0) is 21.1 Å². The van der Waals surface area contributed by atoms with Crippen molar-refractivity contribution >= 4 is 41.0 Å². The fourth-order valence-corrected chi connectivity index (χ4v) is 9.57. The van der Waals surface area contributed by atoms with Gasteiger partial charge < -0.3 is 9.55 Å². The molecule has 0 radical (unpaired) electrons. The maximum Gasteiger partial charge on any atom is 0.0541 e. The van der Waals surface area contributed by atoms with Crippen LogP contribution in [0.25, 0.3) is 83.3 Å². The first-order valence-electron chi connectivity index (χ1n) is 19.4. The standard InChI is InChI=1S/C52H37N2.2ClH.Ir/c1-3-18-50-45(15-1)46-16-2-4-19-51(46)54(50)42-24-20-35(21-25-42)39-22-26-43-44-27-23-40(34-48(44)52(47(43)33-39)28-6-7-29-52)37-12-9-11-36(31-37)38-13-10-14-41(32-38)49-17-5-8-30-53-49;;;/h1-5,8-13,15-27,30-34H,6-7,28-29H2;2*1H;/q-1;;;+3/p-2. The number of fused-ring (bicyclic) bond motifs is 8. The van der Waals surface area contributed by atoms with E-state index in [2.05, 4.69) is 161 Å². The molecule has 278 valence electrons. The van der Waals surface area contributed by atoms with Gasteiger partial charge in [0.25, 0.3) is 0 Å². The van der Waals surface area contributed by atoms with Gasteiger partial charge in [-0.1, -0.05) is 116 Å². The molecule has 2 aromatic heterocycles. The zero-order chi connectivity index (χ0) is 38.3. The number of rotatable bonds is 5. The quantitative estimate of drug-likeness (QED) is 0.157. The second-order valence-corrected chi connectivity index (χ2v) is 18.5. The molecular weight excluding hydrogens is 916 g/mol. The van der Waals surface area contributed by atoms with Gasteiger partial charge in [0.1, 0.15) is 0 Å². The third-order valence-corrected chi connectivity index (χ3v) is 12.1. The van der Waals surface area contributed by atoms with Crippen molar-refractivity contribution in [1.82, 2.24) is 9.55 Å². The summed E-state index contributed by atoms with van der Waals surface area (Å²) >= 11 is -0.556. The minimum atomic E-state index is -0.556. The molecule has 0 amide bonds. The van der Waals surface area contributed by atoms with Gasteiger partial charge in [0, 0.05) is 28.1 Å². The predicted octanol–water partition coefficient (Wildman–Crippen LogP) is 14.9. The van der Waals surface area contributed by atoms with Crippen LogP contribution in [0.1, 0.15) is 36.8 Å². The molecule has 0 saturated heterocycles. The van der Waals surface area contributed by atoms with E-state index in [0.717, 1.165) is 11.3 Å². The minimum absolute atomic E-state index is 0.0596. The second kappa shape index (κ2) is 15.2. The van der Waals surface area contributed by atoms with E-state index in [9.17, 15) is 0 Å². The number of hydrogen-bond donors (Lipinski definition) is 0. The monoisotopic (exact) mass is 952 g/mol. The molecule has 2 heterocycles. The van der Waals surface area contributed by atoms with Gasteiger partial charge in [-0.3, -0.25) is 0 Å². The molecular formula is C52H37Cl2IrN2. The maximum absolute atomic E-state index is 4.89. The molecule has 1 saturated carbocycles. The molecule has 7 aromatic carbocycles. The van der Waals surface area contributed by atoms with Crippen molar-refractivity contribution in [1.29, 1.82) is 0 Å². The van der Waals surface area contributed by atoms with Gasteiger partial charge in [-0.05, 0) is 117 Å². The summed E-state index contributed by atoms with van der Waals surface area (Å²) in [4.78, 5) is 4.56. The van der Waals surface area contributed by atoms with Crippen molar-refractivity contribution in [3.8, 4) is 61.5 Å². The number of halogens is 2. The smallest absolute Gasteiger partial charge is 0.0541 e. The Labute approximate surface area is 349 Å². The van der Waals surface area contributed by atoms with Crippen LogP contribution >= 0.6 is 19.2 Å². The Morgan fingerprint density at radius 2 is 1.07 bits per heavy atom. The van der Waals surface area contributed by atoms with Crippen LogP contribution in [0, 0.1) is 6.07 Å². The summed E-state index contributed by atoms with van der Waals surface area (Å²) in [5, 5.41) is 2.58. The number of nitrogens with zero attached hydrogens (tertiary/aromatic N) is 2. The molecule has 2 nitrogen and oxygen atoms in total. The van der Waals surface area contributed by atoms with E-state index in [1.165, 1.54) is 109 Å². The summed E-state index contributed by atoms with van der Waals surface area (Å²) in [6.45, 7) is 0. The maximum atomic E-state index is 4.89. The number of hydrogen-bond acceptors (Lipinski definition) is 1. The summed E-state index contributed by atoms with van der Waals surface area (Å²) < 4.78 is 2.40. The van der Waals surface area contributed by atoms with Gasteiger partial charge >= 0.3 is 34.8 Å². The molecule has 0 N–H and O–H groups in total. The Hall–Kier alpha value is -5.28. The molecule has 0 unspecified atom stereocenters. The number of para-hydroxylation sites is 2. The SMILES string of the molecule is [Cl][Ir+][Cl].[c-]1ccc(-c2cccc(-c3ccc4c(c3)C3(CCCC3)c3cc(-c5ccc(-n6c7ccccc7c7ccccc76)cc5)ccc3-4)c2)cc1-c1ccccn1. The third-order valence-electron chi connectivity index (χ3n) is 12.1. The summed E-state index contributed by atoms with van der Waals surface area (Å²) in [6, 6.07) is 65.8. The van der Waals surface area contributed by atoms with Gasteiger partial charge in [0.15, 0.2) is 0 Å². The normalized spacial score (nSPS) is 13.8. The Balaban J connectivity index is 0.00000128. The molecule has 57 heavy (non-hydrogen) atoms. The van der Waals surface area contributed by atoms with E-state index in [0.29, 0.717) is 0 Å². The summed E-state index contributed by atoms with van der Waals surface area (Å²) in [5.74, 6) is 0. The fourth-order valence-electron chi connectivity index (χ4n) is 9.57. The molecule has 11 rings (SSSR count). The Morgan fingerprint density at radius 3 is 1.68 bits per heavy atom. The largest absolute Gasteiger partial charge is 0.309 e. The Bertz CT molecular complexity index is 2860. The average molecular weight is 953 g/mol. The molecule has 2 aliphatic rings. The van der Waals surface area contributed by atoms with Crippen LogP contribution < -0.4 is 0 Å². The van der Waals surface area contributed by atoms with Gasteiger partial charge in [-0.15, -0.1) is 35.4 Å². The topological polar surface area (TPSA) is 17.8 Å². The number of aromatic nitrogens is 2. The van der Waals surface area contributed by atoms with Gasteiger partial charge in [0.05, 0.1) is 11.0 Å². The summed E-state index contributed by atoms with van der Waals surface area (Å²) in [5.41, 5.74) is 18.9. The first-order chi connectivity index (χ1) is 28.1. The first-order valence-corrected chi connectivity index (χ1v) is 25.3. The molecule has 0 atom stereocenters. The fraction of sp³-hybridized carbons (Fsp3) is 0.0962. The van der Waals surface area contributed by atoms with Crippen molar-refractivity contribution < 1.29 is 15.7 Å².